The first-order valence-corrected chi connectivity index (χ1v) is 6.50. The van der Waals surface area contributed by atoms with Gasteiger partial charge in [0.25, 0.3) is 0 Å². The zero-order valence-electron chi connectivity index (χ0n) is 11.5. The van der Waals surface area contributed by atoms with E-state index in [1.807, 2.05) is 44.2 Å². The predicted molar refractivity (Wildman–Crippen MR) is 73.7 cm³/mol. The molecule has 0 saturated heterocycles. The number of hydrogen-bond donors (Lipinski definition) is 2. The van der Waals surface area contributed by atoms with Crippen molar-refractivity contribution >= 4 is 6.09 Å². The van der Waals surface area contributed by atoms with E-state index in [-0.39, 0.29) is 18.6 Å². The SMILES string of the molecule is CC(C)[C@H](NC(=O)OCc1ccccc1)c1c[nH]nn1. The van der Waals surface area contributed by atoms with Crippen LogP contribution in [-0.4, -0.2) is 21.5 Å². The van der Waals surface area contributed by atoms with E-state index >= 15 is 0 Å². The van der Waals surface area contributed by atoms with E-state index in [1.54, 1.807) is 6.20 Å². The fourth-order valence-electron chi connectivity index (χ4n) is 1.84. The number of benzene rings is 1. The molecule has 6 heteroatoms. The molecule has 106 valence electrons. The molecule has 0 unspecified atom stereocenters. The van der Waals surface area contributed by atoms with E-state index in [4.69, 9.17) is 4.74 Å². The molecule has 2 N–H and O–H groups in total. The highest BCUT2D eigenvalue weighted by molar-refractivity contribution is 5.67. The topological polar surface area (TPSA) is 79.9 Å². The summed E-state index contributed by atoms with van der Waals surface area (Å²) in [5.41, 5.74) is 1.64. The maximum Gasteiger partial charge on any atom is 0.408 e. The van der Waals surface area contributed by atoms with Crippen LogP contribution in [0.2, 0.25) is 0 Å². The van der Waals surface area contributed by atoms with E-state index in [0.717, 1.165) is 5.56 Å². The highest BCUT2D eigenvalue weighted by atomic mass is 16.5. The van der Waals surface area contributed by atoms with Crippen LogP contribution in [0.25, 0.3) is 0 Å². The molecule has 6 nitrogen and oxygen atoms in total. The number of rotatable bonds is 5. The number of alkyl carbamates (subject to hydrolysis) is 1. The van der Waals surface area contributed by atoms with Crippen molar-refractivity contribution in [2.75, 3.05) is 0 Å². The molecule has 0 spiro atoms. The summed E-state index contributed by atoms with van der Waals surface area (Å²) in [5.74, 6) is 0.185. The highest BCUT2D eigenvalue weighted by Gasteiger charge is 2.21. The third-order valence-electron chi connectivity index (χ3n) is 2.91. The van der Waals surface area contributed by atoms with Gasteiger partial charge >= 0.3 is 6.09 Å². The average molecular weight is 274 g/mol. The van der Waals surface area contributed by atoms with Gasteiger partial charge in [-0.2, -0.15) is 0 Å². The second kappa shape index (κ2) is 6.70. The normalized spacial score (nSPS) is 12.2. The first-order valence-electron chi connectivity index (χ1n) is 6.50. The molecule has 1 amide bonds. The Morgan fingerprint density at radius 1 is 1.35 bits per heavy atom. The number of carbonyl (C=O) groups excluding carboxylic acids is 1. The van der Waals surface area contributed by atoms with Crippen LogP contribution in [0.1, 0.15) is 31.1 Å². The van der Waals surface area contributed by atoms with Crippen molar-refractivity contribution in [3.05, 3.63) is 47.8 Å². The van der Waals surface area contributed by atoms with Crippen molar-refractivity contribution in [1.82, 2.24) is 20.7 Å². The molecular formula is C14H18N4O2. The highest BCUT2D eigenvalue weighted by Crippen LogP contribution is 2.18. The smallest absolute Gasteiger partial charge is 0.408 e. The molecular weight excluding hydrogens is 256 g/mol. The Kier molecular flexibility index (Phi) is 4.70. The molecule has 0 aliphatic heterocycles. The van der Waals surface area contributed by atoms with Gasteiger partial charge in [-0.3, -0.25) is 5.10 Å². The van der Waals surface area contributed by atoms with Crippen LogP contribution >= 0.6 is 0 Å². The summed E-state index contributed by atoms with van der Waals surface area (Å²) in [6, 6.07) is 9.32. The molecule has 1 aromatic heterocycles. The van der Waals surface area contributed by atoms with Crippen molar-refractivity contribution < 1.29 is 9.53 Å². The summed E-state index contributed by atoms with van der Waals surface area (Å²) < 4.78 is 5.20. The minimum absolute atomic E-state index is 0.185. The Morgan fingerprint density at radius 2 is 2.10 bits per heavy atom. The van der Waals surface area contributed by atoms with Crippen molar-refractivity contribution in [3.8, 4) is 0 Å². The van der Waals surface area contributed by atoms with Crippen LogP contribution in [0.15, 0.2) is 36.5 Å². The van der Waals surface area contributed by atoms with E-state index in [0.29, 0.717) is 5.69 Å². The number of aromatic nitrogens is 3. The molecule has 0 aliphatic carbocycles. The Labute approximate surface area is 117 Å². The Balaban J connectivity index is 1.89. The van der Waals surface area contributed by atoms with Gasteiger partial charge in [-0.15, -0.1) is 5.10 Å². The van der Waals surface area contributed by atoms with Gasteiger partial charge in [-0.25, -0.2) is 4.79 Å². The second-order valence-corrected chi connectivity index (χ2v) is 4.83. The summed E-state index contributed by atoms with van der Waals surface area (Å²) in [4.78, 5) is 11.8. The van der Waals surface area contributed by atoms with Crippen LogP contribution in [0, 0.1) is 5.92 Å². The monoisotopic (exact) mass is 274 g/mol. The number of nitrogens with one attached hydrogen (secondary N) is 2. The number of nitrogens with zero attached hydrogens (tertiary/aromatic N) is 2. The second-order valence-electron chi connectivity index (χ2n) is 4.83. The Morgan fingerprint density at radius 3 is 2.70 bits per heavy atom. The minimum Gasteiger partial charge on any atom is -0.445 e. The molecule has 2 aromatic rings. The summed E-state index contributed by atoms with van der Waals surface area (Å²) in [5, 5.41) is 13.0. The lowest BCUT2D eigenvalue weighted by Gasteiger charge is -2.19. The standard InChI is InChI=1S/C14H18N4O2/c1-10(2)13(12-8-15-18-17-12)16-14(19)20-9-11-6-4-3-5-7-11/h3-8,10,13H,9H2,1-2H3,(H,16,19)(H,15,17,18)/t13-/m0/s1. The largest absolute Gasteiger partial charge is 0.445 e. The van der Waals surface area contributed by atoms with Gasteiger partial charge in [0, 0.05) is 6.20 Å². The molecule has 0 fully saturated rings. The Hall–Kier alpha value is -2.37. The average Bonchev–Trinajstić information content (AvgIpc) is 2.97. The lowest BCUT2D eigenvalue weighted by Crippen LogP contribution is -2.32. The summed E-state index contributed by atoms with van der Waals surface area (Å²) >= 11 is 0. The fourth-order valence-corrected chi connectivity index (χ4v) is 1.84. The van der Waals surface area contributed by atoms with E-state index in [9.17, 15) is 4.79 Å². The lowest BCUT2D eigenvalue weighted by atomic mass is 10.0. The van der Waals surface area contributed by atoms with Crippen LogP contribution < -0.4 is 5.32 Å². The predicted octanol–water partition coefficient (Wildman–Crippen LogP) is 2.43. The van der Waals surface area contributed by atoms with Crippen molar-refractivity contribution in [2.24, 2.45) is 5.92 Å². The van der Waals surface area contributed by atoms with Gasteiger partial charge in [0.15, 0.2) is 0 Å². The van der Waals surface area contributed by atoms with Gasteiger partial charge in [-0.1, -0.05) is 49.4 Å². The first-order chi connectivity index (χ1) is 9.66. The number of H-pyrrole nitrogens is 1. The fraction of sp³-hybridized carbons (Fsp3) is 0.357. The number of amides is 1. The first kappa shape index (κ1) is 14.0. The van der Waals surface area contributed by atoms with Gasteiger partial charge in [-0.05, 0) is 11.5 Å². The zero-order chi connectivity index (χ0) is 14.4. The van der Waals surface area contributed by atoms with Gasteiger partial charge in [0.05, 0.1) is 6.04 Å². The maximum absolute atomic E-state index is 11.8. The van der Waals surface area contributed by atoms with Crippen LogP contribution in [0.4, 0.5) is 4.79 Å². The lowest BCUT2D eigenvalue weighted by molar-refractivity contribution is 0.132. The van der Waals surface area contributed by atoms with E-state index < -0.39 is 6.09 Å². The quantitative estimate of drug-likeness (QED) is 0.877. The molecule has 1 aromatic carbocycles. The number of hydrogen-bond acceptors (Lipinski definition) is 4. The summed E-state index contributed by atoms with van der Waals surface area (Å²) in [6.07, 6.45) is 1.21. The van der Waals surface area contributed by atoms with Crippen molar-refractivity contribution in [1.29, 1.82) is 0 Å². The molecule has 2 rings (SSSR count). The van der Waals surface area contributed by atoms with Gasteiger partial charge in [0.1, 0.15) is 12.3 Å². The van der Waals surface area contributed by atoms with E-state index in [1.165, 1.54) is 0 Å². The molecule has 0 aliphatic rings. The van der Waals surface area contributed by atoms with Crippen LogP contribution in [0.5, 0.6) is 0 Å². The molecule has 0 saturated carbocycles. The maximum atomic E-state index is 11.8. The summed E-state index contributed by atoms with van der Waals surface area (Å²) in [7, 11) is 0. The van der Waals surface area contributed by atoms with Crippen LogP contribution in [-0.2, 0) is 11.3 Å². The Bertz CT molecular complexity index is 525. The number of carbonyl (C=O) groups is 1. The van der Waals surface area contributed by atoms with Gasteiger partial charge in [0.2, 0.25) is 0 Å². The molecule has 1 atom stereocenters. The third kappa shape index (κ3) is 3.81. The summed E-state index contributed by atoms with van der Waals surface area (Å²) in [6.45, 7) is 4.24. The number of aromatic amines is 1. The van der Waals surface area contributed by atoms with Crippen molar-refractivity contribution in [3.63, 3.8) is 0 Å². The third-order valence-corrected chi connectivity index (χ3v) is 2.91. The minimum atomic E-state index is -0.462. The van der Waals surface area contributed by atoms with Crippen LogP contribution in [0.3, 0.4) is 0 Å². The number of ether oxygens (including phenoxy) is 1. The molecule has 0 bridgehead atoms. The molecule has 1 heterocycles. The van der Waals surface area contributed by atoms with E-state index in [2.05, 4.69) is 20.7 Å². The van der Waals surface area contributed by atoms with Gasteiger partial charge < -0.3 is 10.1 Å². The molecule has 0 radical (unpaired) electrons. The zero-order valence-corrected chi connectivity index (χ0v) is 11.5. The van der Waals surface area contributed by atoms with Crippen molar-refractivity contribution in [2.45, 2.75) is 26.5 Å². The molecule has 20 heavy (non-hydrogen) atoms.